The van der Waals surface area contributed by atoms with Gasteiger partial charge in [0.1, 0.15) is 19.3 Å². The van der Waals surface area contributed by atoms with Crippen LogP contribution in [0.2, 0.25) is 5.02 Å². The summed E-state index contributed by atoms with van der Waals surface area (Å²) in [5.41, 5.74) is 1.15. The summed E-state index contributed by atoms with van der Waals surface area (Å²) in [6, 6.07) is 11.4. The highest BCUT2D eigenvalue weighted by Crippen LogP contribution is 2.34. The van der Waals surface area contributed by atoms with E-state index < -0.39 is 16.1 Å². The standard InChI is InChI=1S/C25H32ClN3O6S/c1-4-27-25(31)18(2)28(17-19-8-5-6-9-21(19)26)24(30)10-7-13-29(36(3,32)33)20-11-12-22-23(16-20)35-15-14-34-22/h5-6,8-9,11-12,16,18H,4,7,10,13-15,17H2,1-3H3,(H,27,31)/t18-/m1/s1. The summed E-state index contributed by atoms with van der Waals surface area (Å²) in [6.07, 6.45) is 1.42. The third kappa shape index (κ3) is 7.04. The predicted octanol–water partition coefficient (Wildman–Crippen LogP) is 3.21. The number of anilines is 1. The Kier molecular flexibility index (Phi) is 9.44. The Morgan fingerprint density at radius 1 is 1.11 bits per heavy atom. The molecule has 0 saturated carbocycles. The first-order valence-corrected chi connectivity index (χ1v) is 14.0. The number of nitrogens with zero attached hydrogens (tertiary/aromatic N) is 2. The number of sulfonamides is 1. The Bertz CT molecular complexity index is 1190. The number of halogens is 1. The molecule has 0 aromatic heterocycles. The minimum Gasteiger partial charge on any atom is -0.486 e. The molecule has 11 heteroatoms. The fourth-order valence-corrected chi connectivity index (χ4v) is 5.06. The van der Waals surface area contributed by atoms with Gasteiger partial charge in [-0.2, -0.15) is 0 Å². The molecule has 196 valence electrons. The Hall–Kier alpha value is -2.98. The quantitative estimate of drug-likeness (QED) is 0.472. The van der Waals surface area contributed by atoms with E-state index in [9.17, 15) is 18.0 Å². The van der Waals surface area contributed by atoms with Crippen molar-refractivity contribution in [3.8, 4) is 11.5 Å². The molecule has 2 aromatic rings. The average molecular weight is 538 g/mol. The first-order chi connectivity index (χ1) is 17.1. The third-order valence-corrected chi connectivity index (χ3v) is 7.35. The number of fused-ring (bicyclic) bond motifs is 1. The molecule has 1 aliphatic rings. The Morgan fingerprint density at radius 2 is 1.81 bits per heavy atom. The second kappa shape index (κ2) is 12.3. The molecule has 2 amide bonds. The monoisotopic (exact) mass is 537 g/mol. The molecule has 3 rings (SSSR count). The molecule has 0 saturated heterocycles. The molecule has 0 unspecified atom stereocenters. The van der Waals surface area contributed by atoms with Crippen LogP contribution in [-0.2, 0) is 26.2 Å². The van der Waals surface area contributed by atoms with E-state index in [0.717, 1.165) is 11.8 Å². The molecule has 0 radical (unpaired) electrons. The molecular weight excluding hydrogens is 506 g/mol. The van der Waals surface area contributed by atoms with Gasteiger partial charge in [0.2, 0.25) is 21.8 Å². The van der Waals surface area contributed by atoms with Crippen molar-refractivity contribution >= 4 is 39.1 Å². The summed E-state index contributed by atoms with van der Waals surface area (Å²) in [6.45, 7) is 4.98. The highest BCUT2D eigenvalue weighted by atomic mass is 35.5. The molecule has 9 nitrogen and oxygen atoms in total. The fraction of sp³-hybridized carbons (Fsp3) is 0.440. The van der Waals surface area contributed by atoms with Gasteiger partial charge in [-0.05, 0) is 44.0 Å². The number of benzene rings is 2. The zero-order chi connectivity index (χ0) is 26.3. The summed E-state index contributed by atoms with van der Waals surface area (Å²) >= 11 is 6.30. The van der Waals surface area contributed by atoms with Crippen LogP contribution in [0.3, 0.4) is 0 Å². The second-order valence-electron chi connectivity index (χ2n) is 8.45. The first-order valence-electron chi connectivity index (χ1n) is 11.8. The van der Waals surface area contributed by atoms with Crippen molar-refractivity contribution in [2.45, 2.75) is 39.3 Å². The Morgan fingerprint density at radius 3 is 2.47 bits per heavy atom. The predicted molar refractivity (Wildman–Crippen MR) is 139 cm³/mol. The minimum atomic E-state index is -3.62. The molecule has 1 heterocycles. The van der Waals surface area contributed by atoms with Gasteiger partial charge in [-0.1, -0.05) is 29.8 Å². The SMILES string of the molecule is CCNC(=O)[C@@H](C)N(Cc1ccccc1Cl)C(=O)CCCN(c1ccc2c(c1)OCCO2)S(C)(=O)=O. The normalized spacial score (nSPS) is 13.6. The molecule has 1 N–H and O–H groups in total. The van der Waals surface area contributed by atoms with Gasteiger partial charge in [0, 0.05) is 37.1 Å². The van der Waals surface area contributed by atoms with E-state index in [2.05, 4.69) is 5.32 Å². The van der Waals surface area contributed by atoms with Crippen LogP contribution >= 0.6 is 11.6 Å². The number of ether oxygens (including phenoxy) is 2. The van der Waals surface area contributed by atoms with Gasteiger partial charge < -0.3 is 19.7 Å². The largest absolute Gasteiger partial charge is 0.486 e. The van der Waals surface area contributed by atoms with Gasteiger partial charge in [-0.25, -0.2) is 8.42 Å². The molecule has 1 aliphatic heterocycles. The average Bonchev–Trinajstić information content (AvgIpc) is 2.84. The van der Waals surface area contributed by atoms with E-state index in [-0.39, 0.29) is 37.7 Å². The van der Waals surface area contributed by atoms with Crippen LogP contribution < -0.4 is 19.1 Å². The lowest BCUT2D eigenvalue weighted by Gasteiger charge is -2.29. The van der Waals surface area contributed by atoms with Crippen molar-refractivity contribution in [1.82, 2.24) is 10.2 Å². The van der Waals surface area contributed by atoms with Gasteiger partial charge in [-0.15, -0.1) is 0 Å². The minimum absolute atomic E-state index is 0.0464. The van der Waals surface area contributed by atoms with Crippen LogP contribution in [0.25, 0.3) is 0 Å². The van der Waals surface area contributed by atoms with Crippen LogP contribution in [0.1, 0.15) is 32.3 Å². The second-order valence-corrected chi connectivity index (χ2v) is 10.8. The van der Waals surface area contributed by atoms with Crippen molar-refractivity contribution in [3.05, 3.63) is 53.1 Å². The summed E-state index contributed by atoms with van der Waals surface area (Å²) in [4.78, 5) is 27.3. The maximum Gasteiger partial charge on any atom is 0.242 e. The van der Waals surface area contributed by atoms with Crippen LogP contribution in [0, 0.1) is 0 Å². The Labute approximate surface area is 217 Å². The molecule has 2 aromatic carbocycles. The van der Waals surface area contributed by atoms with Crippen molar-refractivity contribution in [2.75, 3.05) is 36.9 Å². The molecule has 1 atom stereocenters. The molecule has 0 aliphatic carbocycles. The van der Waals surface area contributed by atoms with E-state index in [1.54, 1.807) is 43.3 Å². The topological polar surface area (TPSA) is 105 Å². The van der Waals surface area contributed by atoms with E-state index in [0.29, 0.717) is 42.0 Å². The number of hydrogen-bond donors (Lipinski definition) is 1. The van der Waals surface area contributed by atoms with Crippen LogP contribution in [0.4, 0.5) is 5.69 Å². The molecular formula is C25H32ClN3O6S. The third-order valence-electron chi connectivity index (χ3n) is 5.78. The van der Waals surface area contributed by atoms with Gasteiger partial charge in [-0.3, -0.25) is 13.9 Å². The smallest absolute Gasteiger partial charge is 0.242 e. The number of carbonyl (C=O) groups is 2. The van der Waals surface area contributed by atoms with Crippen LogP contribution in [0.5, 0.6) is 11.5 Å². The van der Waals surface area contributed by atoms with Crippen molar-refractivity contribution in [1.29, 1.82) is 0 Å². The highest BCUT2D eigenvalue weighted by Gasteiger charge is 2.27. The summed E-state index contributed by atoms with van der Waals surface area (Å²) in [7, 11) is -3.62. The molecule has 0 fully saturated rings. The van der Waals surface area contributed by atoms with Gasteiger partial charge >= 0.3 is 0 Å². The number of nitrogens with one attached hydrogen (secondary N) is 1. The van der Waals surface area contributed by atoms with Crippen molar-refractivity contribution < 1.29 is 27.5 Å². The maximum atomic E-state index is 13.3. The fourth-order valence-electron chi connectivity index (χ4n) is 3.91. The highest BCUT2D eigenvalue weighted by molar-refractivity contribution is 7.92. The zero-order valence-electron chi connectivity index (χ0n) is 20.7. The van der Waals surface area contributed by atoms with Crippen LogP contribution in [0.15, 0.2) is 42.5 Å². The maximum absolute atomic E-state index is 13.3. The lowest BCUT2D eigenvalue weighted by atomic mass is 10.1. The van der Waals surface area contributed by atoms with Gasteiger partial charge in [0.05, 0.1) is 11.9 Å². The lowest BCUT2D eigenvalue weighted by Crippen LogP contribution is -2.47. The van der Waals surface area contributed by atoms with E-state index in [1.165, 1.54) is 9.21 Å². The number of rotatable bonds is 11. The van der Waals surface area contributed by atoms with E-state index in [1.807, 2.05) is 13.0 Å². The summed E-state index contributed by atoms with van der Waals surface area (Å²) < 4.78 is 37.4. The molecule has 0 spiro atoms. The number of likely N-dealkylation sites (N-methyl/N-ethyl adjacent to an activating group) is 1. The summed E-state index contributed by atoms with van der Waals surface area (Å²) in [5.74, 6) is 0.490. The lowest BCUT2D eigenvalue weighted by molar-refractivity contribution is -0.140. The number of hydrogen-bond acceptors (Lipinski definition) is 6. The summed E-state index contributed by atoms with van der Waals surface area (Å²) in [5, 5.41) is 3.25. The van der Waals surface area contributed by atoms with Gasteiger partial charge in [0.25, 0.3) is 0 Å². The number of amides is 2. The molecule has 36 heavy (non-hydrogen) atoms. The molecule has 0 bridgehead atoms. The van der Waals surface area contributed by atoms with Gasteiger partial charge in [0.15, 0.2) is 11.5 Å². The van der Waals surface area contributed by atoms with Crippen molar-refractivity contribution in [3.63, 3.8) is 0 Å². The number of carbonyl (C=O) groups excluding carboxylic acids is 2. The first kappa shape index (κ1) is 27.6. The van der Waals surface area contributed by atoms with Crippen molar-refractivity contribution in [2.24, 2.45) is 0 Å². The zero-order valence-corrected chi connectivity index (χ0v) is 22.3. The van der Waals surface area contributed by atoms with E-state index >= 15 is 0 Å². The van der Waals surface area contributed by atoms with Crippen LogP contribution in [-0.4, -0.2) is 63.7 Å². The van der Waals surface area contributed by atoms with E-state index in [4.69, 9.17) is 21.1 Å². The Balaban J connectivity index is 1.74.